The minimum absolute atomic E-state index is 0.543. The third kappa shape index (κ3) is 2.36. The first-order chi connectivity index (χ1) is 10.5. The van der Waals surface area contributed by atoms with Crippen molar-refractivity contribution in [1.82, 2.24) is 9.55 Å². The molecule has 118 valence electrons. The molecule has 5 unspecified atom stereocenters. The largest absolute Gasteiger partial charge is 0.387 e. The zero-order valence-corrected chi connectivity index (χ0v) is 11.4. The molecule has 2 aromatic rings. The standard InChI is InChI=1S/C14H16N2O6/c17-9-10(18)12(22-14(21)11(9)19)13(20)16-6-2-4-8(16)7-3-1-5-15-7/h1-6,9-12,14-15,17-19,21H. The van der Waals surface area contributed by atoms with Gasteiger partial charge in [-0.05, 0) is 24.3 Å². The molecule has 0 amide bonds. The molecular weight excluding hydrogens is 292 g/mol. The summed E-state index contributed by atoms with van der Waals surface area (Å²) in [4.78, 5) is 15.5. The SMILES string of the molecule is O=C(C1OC(O)C(O)C(O)C1O)n1cccc1-c1ccc[nH]1. The number of carbonyl (C=O) groups excluding carboxylic acids is 1. The van der Waals surface area contributed by atoms with Crippen molar-refractivity contribution in [3.63, 3.8) is 0 Å². The van der Waals surface area contributed by atoms with Crippen molar-refractivity contribution in [2.24, 2.45) is 0 Å². The molecule has 1 saturated heterocycles. The monoisotopic (exact) mass is 308 g/mol. The molecule has 0 spiro atoms. The molecule has 2 aromatic heterocycles. The van der Waals surface area contributed by atoms with E-state index in [0.717, 1.165) is 0 Å². The normalized spacial score (nSPS) is 32.1. The lowest BCUT2D eigenvalue weighted by Gasteiger charge is -2.37. The molecular formula is C14H16N2O6. The lowest BCUT2D eigenvalue weighted by molar-refractivity contribution is -0.270. The highest BCUT2D eigenvalue weighted by atomic mass is 16.6. The number of H-pyrrole nitrogens is 1. The summed E-state index contributed by atoms with van der Waals surface area (Å²) in [5.41, 5.74) is 1.23. The van der Waals surface area contributed by atoms with Crippen LogP contribution in [0.5, 0.6) is 0 Å². The van der Waals surface area contributed by atoms with Gasteiger partial charge in [0.2, 0.25) is 0 Å². The predicted octanol–water partition coefficient (Wildman–Crippen LogP) is -1.08. The Hall–Kier alpha value is -1.97. The van der Waals surface area contributed by atoms with Gasteiger partial charge in [0.1, 0.15) is 18.3 Å². The van der Waals surface area contributed by atoms with E-state index in [0.29, 0.717) is 11.4 Å². The highest BCUT2D eigenvalue weighted by Gasteiger charge is 2.46. The highest BCUT2D eigenvalue weighted by Crippen LogP contribution is 2.24. The average Bonchev–Trinajstić information content (AvgIpc) is 3.17. The van der Waals surface area contributed by atoms with E-state index >= 15 is 0 Å². The fourth-order valence-electron chi connectivity index (χ4n) is 2.48. The summed E-state index contributed by atoms with van der Waals surface area (Å²) >= 11 is 0. The minimum atomic E-state index is -1.75. The maximum Gasteiger partial charge on any atom is 0.263 e. The molecule has 0 radical (unpaired) electrons. The summed E-state index contributed by atoms with van der Waals surface area (Å²) in [6.45, 7) is 0. The van der Waals surface area contributed by atoms with E-state index < -0.39 is 36.6 Å². The Morgan fingerprint density at radius 1 is 1.09 bits per heavy atom. The summed E-state index contributed by atoms with van der Waals surface area (Å²) in [6.07, 6.45) is -5.06. The molecule has 8 nitrogen and oxygen atoms in total. The number of rotatable bonds is 2. The fourth-order valence-corrected chi connectivity index (χ4v) is 2.48. The van der Waals surface area contributed by atoms with Gasteiger partial charge in [0.25, 0.3) is 5.91 Å². The van der Waals surface area contributed by atoms with Crippen LogP contribution in [-0.4, -0.2) is 66.6 Å². The minimum Gasteiger partial charge on any atom is -0.387 e. The maximum absolute atomic E-state index is 12.5. The van der Waals surface area contributed by atoms with Crippen LogP contribution in [0.15, 0.2) is 36.7 Å². The lowest BCUT2D eigenvalue weighted by Crippen LogP contribution is -2.60. The van der Waals surface area contributed by atoms with Gasteiger partial charge in [0.15, 0.2) is 12.4 Å². The number of aromatic amines is 1. The van der Waals surface area contributed by atoms with Crippen LogP contribution in [0.25, 0.3) is 11.4 Å². The van der Waals surface area contributed by atoms with Gasteiger partial charge in [-0.1, -0.05) is 0 Å². The van der Waals surface area contributed by atoms with Gasteiger partial charge in [-0.15, -0.1) is 0 Å². The molecule has 5 N–H and O–H groups in total. The van der Waals surface area contributed by atoms with Gasteiger partial charge >= 0.3 is 0 Å². The number of aromatic nitrogens is 2. The van der Waals surface area contributed by atoms with Gasteiger partial charge in [0.05, 0.1) is 11.4 Å². The second-order valence-corrected chi connectivity index (χ2v) is 5.10. The van der Waals surface area contributed by atoms with E-state index in [1.807, 2.05) is 0 Å². The third-order valence-electron chi connectivity index (χ3n) is 3.69. The Bertz CT molecular complexity index is 652. The maximum atomic E-state index is 12.5. The molecule has 0 bridgehead atoms. The highest BCUT2D eigenvalue weighted by molar-refractivity contribution is 5.88. The van der Waals surface area contributed by atoms with Crippen molar-refractivity contribution in [2.75, 3.05) is 0 Å². The van der Waals surface area contributed by atoms with Gasteiger partial charge in [-0.3, -0.25) is 9.36 Å². The van der Waals surface area contributed by atoms with E-state index in [-0.39, 0.29) is 0 Å². The first-order valence-electron chi connectivity index (χ1n) is 6.74. The van der Waals surface area contributed by atoms with E-state index in [9.17, 15) is 25.2 Å². The fraction of sp³-hybridized carbons (Fsp3) is 0.357. The van der Waals surface area contributed by atoms with E-state index in [4.69, 9.17) is 4.74 Å². The quantitative estimate of drug-likeness (QED) is 0.480. The van der Waals surface area contributed by atoms with Crippen LogP contribution in [-0.2, 0) is 4.74 Å². The number of ether oxygens (including phenoxy) is 1. The van der Waals surface area contributed by atoms with Crippen LogP contribution in [0.1, 0.15) is 4.79 Å². The summed E-state index contributed by atoms with van der Waals surface area (Å²) < 4.78 is 6.20. The van der Waals surface area contributed by atoms with E-state index in [1.54, 1.807) is 30.5 Å². The number of hydrogen-bond acceptors (Lipinski definition) is 6. The van der Waals surface area contributed by atoms with Crippen LogP contribution in [0, 0.1) is 0 Å². The molecule has 5 atom stereocenters. The van der Waals surface area contributed by atoms with Crippen LogP contribution in [0.3, 0.4) is 0 Å². The number of carbonyl (C=O) groups is 1. The molecule has 1 fully saturated rings. The van der Waals surface area contributed by atoms with Gasteiger partial charge in [-0.25, -0.2) is 0 Å². The molecule has 0 aromatic carbocycles. The Morgan fingerprint density at radius 3 is 2.55 bits per heavy atom. The first kappa shape index (κ1) is 14.9. The molecule has 3 rings (SSSR count). The summed E-state index contributed by atoms with van der Waals surface area (Å²) in [5, 5.41) is 38.6. The van der Waals surface area contributed by atoms with Crippen molar-refractivity contribution in [2.45, 2.75) is 30.7 Å². The Balaban J connectivity index is 1.90. The summed E-state index contributed by atoms with van der Waals surface area (Å²) in [5.74, 6) is -0.660. The molecule has 3 heterocycles. The lowest BCUT2D eigenvalue weighted by atomic mass is 9.98. The molecule has 1 aliphatic rings. The van der Waals surface area contributed by atoms with Crippen molar-refractivity contribution >= 4 is 5.91 Å². The second-order valence-electron chi connectivity index (χ2n) is 5.10. The summed E-state index contributed by atoms with van der Waals surface area (Å²) in [6, 6.07) is 6.88. The Morgan fingerprint density at radius 2 is 1.86 bits per heavy atom. The molecule has 8 heteroatoms. The van der Waals surface area contributed by atoms with Gasteiger partial charge in [0, 0.05) is 12.4 Å². The zero-order valence-electron chi connectivity index (χ0n) is 11.4. The second kappa shape index (κ2) is 5.67. The number of aliphatic hydroxyl groups excluding tert-OH is 4. The average molecular weight is 308 g/mol. The van der Waals surface area contributed by atoms with Gasteiger partial charge in [-0.2, -0.15) is 0 Å². The number of nitrogens with one attached hydrogen (secondary N) is 1. The third-order valence-corrected chi connectivity index (χ3v) is 3.69. The first-order valence-corrected chi connectivity index (χ1v) is 6.74. The van der Waals surface area contributed by atoms with Crippen molar-refractivity contribution in [3.8, 4) is 11.4 Å². The molecule has 22 heavy (non-hydrogen) atoms. The van der Waals surface area contributed by atoms with E-state index in [1.165, 1.54) is 10.8 Å². The summed E-state index contributed by atoms with van der Waals surface area (Å²) in [7, 11) is 0. The molecule has 0 aliphatic carbocycles. The predicted molar refractivity (Wildman–Crippen MR) is 73.7 cm³/mol. The van der Waals surface area contributed by atoms with Crippen LogP contribution in [0.2, 0.25) is 0 Å². The van der Waals surface area contributed by atoms with Crippen molar-refractivity contribution in [3.05, 3.63) is 36.7 Å². The Kier molecular flexibility index (Phi) is 3.85. The van der Waals surface area contributed by atoms with Gasteiger partial charge < -0.3 is 30.1 Å². The Labute approximate surface area is 125 Å². The zero-order chi connectivity index (χ0) is 15.9. The smallest absolute Gasteiger partial charge is 0.263 e. The molecule has 0 saturated carbocycles. The molecule has 1 aliphatic heterocycles. The van der Waals surface area contributed by atoms with Crippen LogP contribution in [0.4, 0.5) is 0 Å². The number of hydrogen-bond donors (Lipinski definition) is 5. The van der Waals surface area contributed by atoms with Crippen LogP contribution < -0.4 is 0 Å². The number of aliphatic hydroxyl groups is 4. The van der Waals surface area contributed by atoms with Crippen molar-refractivity contribution in [1.29, 1.82) is 0 Å². The van der Waals surface area contributed by atoms with Crippen LogP contribution >= 0.6 is 0 Å². The number of nitrogens with zero attached hydrogens (tertiary/aromatic N) is 1. The van der Waals surface area contributed by atoms with E-state index in [2.05, 4.69) is 4.98 Å². The van der Waals surface area contributed by atoms with Crippen molar-refractivity contribution < 1.29 is 30.0 Å². The topological polar surface area (TPSA) is 128 Å².